The number of hydrogen-bond donors (Lipinski definition) is 1. The van der Waals surface area contributed by atoms with E-state index in [2.05, 4.69) is 15.5 Å². The molecule has 0 saturated heterocycles. The third-order valence-corrected chi connectivity index (χ3v) is 4.18. The van der Waals surface area contributed by atoms with Gasteiger partial charge in [-0.2, -0.15) is 5.10 Å². The maximum Gasteiger partial charge on any atom is 0.177 e. The lowest BCUT2D eigenvalue weighted by Gasteiger charge is -2.14. The van der Waals surface area contributed by atoms with Gasteiger partial charge in [0.05, 0.1) is 5.71 Å². The van der Waals surface area contributed by atoms with Gasteiger partial charge in [0.2, 0.25) is 0 Å². The Bertz CT molecular complexity index is 714. The summed E-state index contributed by atoms with van der Waals surface area (Å²) in [6, 6.07) is 14.6. The molecule has 1 N–H and O–H groups in total. The number of hydrogen-bond acceptors (Lipinski definition) is 3. The Kier molecular flexibility index (Phi) is 5.57. The van der Waals surface area contributed by atoms with Crippen molar-refractivity contribution in [3.8, 4) is 11.1 Å². The van der Waals surface area contributed by atoms with Gasteiger partial charge in [0.1, 0.15) is 5.82 Å². The number of nitrogens with zero attached hydrogens (tertiary/aromatic N) is 2. The average Bonchev–Trinajstić information content (AvgIpc) is 2.55. The first-order valence-electron chi connectivity index (χ1n) is 6.55. The first-order chi connectivity index (χ1) is 10.3. The van der Waals surface area contributed by atoms with E-state index in [1.165, 1.54) is 12.1 Å². The van der Waals surface area contributed by atoms with Crippen molar-refractivity contribution in [1.82, 2.24) is 5.43 Å². The lowest BCUT2D eigenvalue weighted by atomic mass is 10.0. The van der Waals surface area contributed by atoms with Gasteiger partial charge in [-0.1, -0.05) is 48.2 Å². The number of hydrazone groups is 1. The molecule has 2 aromatic carbocycles. The van der Waals surface area contributed by atoms with Gasteiger partial charge in [0.25, 0.3) is 0 Å². The van der Waals surface area contributed by atoms with E-state index in [1.807, 2.05) is 30.3 Å². The number of nitrogens with one attached hydrogen (secondary N) is 1. The van der Waals surface area contributed by atoms with Gasteiger partial charge in [-0.3, -0.25) is 10.4 Å². The minimum atomic E-state index is -0.222. The highest BCUT2D eigenvalue weighted by Gasteiger charge is 2.12. The molecular formula is C16H15ClFN3S. The fourth-order valence-corrected chi connectivity index (χ4v) is 2.85. The Morgan fingerprint density at radius 2 is 1.82 bits per heavy atom. The highest BCUT2D eigenvalue weighted by Crippen LogP contribution is 2.22. The minimum Gasteiger partial charge on any atom is -0.265 e. The van der Waals surface area contributed by atoms with Gasteiger partial charge in [-0.25, -0.2) is 4.39 Å². The third-order valence-electron chi connectivity index (χ3n) is 3.21. The molecule has 0 spiro atoms. The van der Waals surface area contributed by atoms with E-state index in [0.717, 1.165) is 33.3 Å². The van der Waals surface area contributed by atoms with Gasteiger partial charge >= 0.3 is 0 Å². The van der Waals surface area contributed by atoms with Crippen LogP contribution in [0, 0.1) is 5.82 Å². The molecule has 0 radical (unpaired) electrons. The summed E-state index contributed by atoms with van der Waals surface area (Å²) < 4.78 is 13.3. The summed E-state index contributed by atoms with van der Waals surface area (Å²) in [5.41, 5.74) is 6.83. The van der Waals surface area contributed by atoms with Crippen molar-refractivity contribution in [2.45, 2.75) is 0 Å². The van der Waals surface area contributed by atoms with E-state index in [0.29, 0.717) is 0 Å². The largest absolute Gasteiger partial charge is 0.265 e. The second-order valence-corrected chi connectivity index (χ2v) is 5.54. The quantitative estimate of drug-likeness (QED) is 0.902. The highest BCUT2D eigenvalue weighted by molar-refractivity contribution is 8.14. The molecule has 22 heavy (non-hydrogen) atoms. The zero-order valence-corrected chi connectivity index (χ0v) is 13.5. The van der Waals surface area contributed by atoms with E-state index in [-0.39, 0.29) is 18.2 Å². The fourth-order valence-electron chi connectivity index (χ4n) is 2.10. The number of halogens is 2. The molecular weight excluding hydrogens is 321 g/mol. The van der Waals surface area contributed by atoms with Gasteiger partial charge in [0, 0.05) is 12.8 Å². The average molecular weight is 336 g/mol. The summed E-state index contributed by atoms with van der Waals surface area (Å²) in [6.45, 7) is 0. The summed E-state index contributed by atoms with van der Waals surface area (Å²) in [5, 5.41) is 5.15. The summed E-state index contributed by atoms with van der Waals surface area (Å²) in [5.74, 6) is 0.569. The second kappa shape index (κ2) is 7.42. The molecule has 1 heterocycles. The molecule has 0 aromatic heterocycles. The molecule has 0 saturated carbocycles. The number of benzene rings is 2. The maximum atomic E-state index is 13.3. The van der Waals surface area contributed by atoms with Crippen LogP contribution in [0.4, 0.5) is 4.39 Å². The van der Waals surface area contributed by atoms with Crippen LogP contribution in [0.2, 0.25) is 0 Å². The lowest BCUT2D eigenvalue weighted by molar-refractivity contribution is 0.628. The Morgan fingerprint density at radius 3 is 2.41 bits per heavy atom. The van der Waals surface area contributed by atoms with Crippen LogP contribution in [0.25, 0.3) is 11.1 Å². The van der Waals surface area contributed by atoms with Crippen LogP contribution in [0.3, 0.4) is 0 Å². The fraction of sp³-hybridized carbons (Fsp3) is 0.125. The number of amidine groups is 1. The Morgan fingerprint density at radius 1 is 1.09 bits per heavy atom. The third kappa shape index (κ3) is 3.67. The van der Waals surface area contributed by atoms with Crippen LogP contribution in [0.5, 0.6) is 0 Å². The highest BCUT2D eigenvalue weighted by atomic mass is 35.5. The standard InChI is InChI=1S/C16H14FN3S.ClH/c1-18-16-20-19-15(10-21-16)12-7-5-11(6-8-12)13-3-2-4-14(17)9-13;/h2-9H,10H2,1H3,(H,18,20);1H. The minimum absolute atomic E-state index is 0. The van der Waals surface area contributed by atoms with E-state index >= 15 is 0 Å². The van der Waals surface area contributed by atoms with Crippen molar-refractivity contribution in [1.29, 1.82) is 0 Å². The molecule has 2 aromatic rings. The SMILES string of the molecule is CN=C1NN=C(c2ccc(-c3cccc(F)c3)cc2)CS1.Cl. The topological polar surface area (TPSA) is 36.8 Å². The zero-order chi connectivity index (χ0) is 14.7. The molecule has 6 heteroatoms. The lowest BCUT2D eigenvalue weighted by Crippen LogP contribution is -2.25. The smallest absolute Gasteiger partial charge is 0.177 e. The maximum absolute atomic E-state index is 13.3. The van der Waals surface area contributed by atoms with E-state index < -0.39 is 0 Å². The predicted octanol–water partition coefficient (Wildman–Crippen LogP) is 3.94. The molecule has 0 atom stereocenters. The summed E-state index contributed by atoms with van der Waals surface area (Å²) in [7, 11) is 1.74. The van der Waals surface area contributed by atoms with Crippen molar-refractivity contribution in [2.24, 2.45) is 10.1 Å². The monoisotopic (exact) mass is 335 g/mol. The van der Waals surface area contributed by atoms with Crippen molar-refractivity contribution >= 4 is 35.0 Å². The van der Waals surface area contributed by atoms with Crippen molar-refractivity contribution in [3.05, 3.63) is 59.9 Å². The molecule has 1 aliphatic heterocycles. The van der Waals surface area contributed by atoms with Gasteiger partial charge in [0.15, 0.2) is 5.17 Å². The van der Waals surface area contributed by atoms with Crippen molar-refractivity contribution in [2.75, 3.05) is 12.8 Å². The zero-order valence-electron chi connectivity index (χ0n) is 11.9. The van der Waals surface area contributed by atoms with Crippen LogP contribution >= 0.6 is 24.2 Å². The molecule has 0 amide bonds. The molecule has 114 valence electrons. The van der Waals surface area contributed by atoms with E-state index in [4.69, 9.17) is 0 Å². The molecule has 1 aliphatic rings. The van der Waals surface area contributed by atoms with Gasteiger partial charge in [-0.15, -0.1) is 12.4 Å². The summed E-state index contributed by atoms with van der Waals surface area (Å²) in [4.78, 5) is 4.06. The van der Waals surface area contributed by atoms with Crippen LogP contribution in [-0.2, 0) is 0 Å². The Labute approximate surface area is 139 Å². The molecule has 0 unspecified atom stereocenters. The van der Waals surface area contributed by atoms with Crippen molar-refractivity contribution in [3.63, 3.8) is 0 Å². The molecule has 0 fully saturated rings. The van der Waals surface area contributed by atoms with E-state index in [1.54, 1.807) is 24.9 Å². The molecule has 3 nitrogen and oxygen atoms in total. The van der Waals surface area contributed by atoms with Crippen LogP contribution in [0.1, 0.15) is 5.56 Å². The van der Waals surface area contributed by atoms with E-state index in [9.17, 15) is 4.39 Å². The Balaban J connectivity index is 0.00000176. The number of rotatable bonds is 2. The molecule has 3 rings (SSSR count). The molecule has 0 bridgehead atoms. The first kappa shape index (κ1) is 16.5. The van der Waals surface area contributed by atoms with Crippen LogP contribution in [-0.4, -0.2) is 23.7 Å². The normalized spacial score (nSPS) is 15.7. The second-order valence-electron chi connectivity index (χ2n) is 4.58. The number of aliphatic imine (C=N–C) groups is 1. The van der Waals surface area contributed by atoms with Crippen LogP contribution in [0.15, 0.2) is 58.6 Å². The summed E-state index contributed by atoms with van der Waals surface area (Å²) >= 11 is 1.63. The molecule has 0 aliphatic carbocycles. The van der Waals surface area contributed by atoms with Crippen molar-refractivity contribution < 1.29 is 4.39 Å². The summed E-state index contributed by atoms with van der Waals surface area (Å²) in [6.07, 6.45) is 0. The predicted molar refractivity (Wildman–Crippen MR) is 94.6 cm³/mol. The van der Waals surface area contributed by atoms with Gasteiger partial charge < -0.3 is 0 Å². The first-order valence-corrected chi connectivity index (χ1v) is 7.53. The van der Waals surface area contributed by atoms with Crippen LogP contribution < -0.4 is 5.43 Å². The van der Waals surface area contributed by atoms with Gasteiger partial charge in [-0.05, 0) is 28.8 Å². The number of thioether (sulfide) groups is 1. The Hall–Kier alpha value is -1.85.